The van der Waals surface area contributed by atoms with Crippen molar-refractivity contribution in [3.05, 3.63) is 11.1 Å². The van der Waals surface area contributed by atoms with Crippen molar-refractivity contribution in [3.63, 3.8) is 0 Å². The quantitative estimate of drug-likeness (QED) is 0.417. The van der Waals surface area contributed by atoms with Crippen molar-refractivity contribution in [3.8, 4) is 0 Å². The maximum Gasteiger partial charge on any atom is 0.327 e. The molecule has 4 heteroatoms. The first-order valence-electron chi connectivity index (χ1n) is 6.14. The molecule has 0 saturated heterocycles. The third-order valence-corrected chi connectivity index (χ3v) is 3.21. The second-order valence-electron chi connectivity index (χ2n) is 4.39. The summed E-state index contributed by atoms with van der Waals surface area (Å²) in [6.45, 7) is 5.29. The van der Waals surface area contributed by atoms with Crippen LogP contribution >= 0.6 is 0 Å². The Morgan fingerprint density at radius 1 is 1.50 bits per heavy atom. The molecule has 0 bridgehead atoms. The molecule has 0 spiro atoms. The van der Waals surface area contributed by atoms with Gasteiger partial charge in [0, 0.05) is 19.6 Å². The largest absolute Gasteiger partial charge is 0.464 e. The van der Waals surface area contributed by atoms with Crippen LogP contribution in [0.5, 0.6) is 0 Å². The molecular formula is C12H20N2O2. The molecule has 0 radical (unpaired) electrons. The number of carbonyl (C=O) groups excluding carboxylic acids is 1. The van der Waals surface area contributed by atoms with Crippen molar-refractivity contribution in [1.82, 2.24) is 10.6 Å². The standard InChI is InChI=1S/C12H20N2O2/c1-2-3-6-16-12(15)11-10-8-13-7-9(10)4-5-14-11/h11,13-14H,2-8H2,1H3. The van der Waals surface area contributed by atoms with E-state index in [1.54, 1.807) is 0 Å². The van der Waals surface area contributed by atoms with Gasteiger partial charge in [-0.2, -0.15) is 0 Å². The molecule has 2 rings (SSSR count). The average molecular weight is 224 g/mol. The zero-order valence-corrected chi connectivity index (χ0v) is 9.84. The number of carbonyl (C=O) groups is 1. The highest BCUT2D eigenvalue weighted by atomic mass is 16.5. The Kier molecular flexibility index (Phi) is 3.96. The predicted octanol–water partition coefficient (Wildman–Crippen LogP) is 0.591. The van der Waals surface area contributed by atoms with E-state index >= 15 is 0 Å². The third-order valence-electron chi connectivity index (χ3n) is 3.21. The summed E-state index contributed by atoms with van der Waals surface area (Å²) < 4.78 is 5.27. The summed E-state index contributed by atoms with van der Waals surface area (Å²) >= 11 is 0. The van der Waals surface area contributed by atoms with Crippen LogP contribution in [0.1, 0.15) is 26.2 Å². The van der Waals surface area contributed by atoms with Crippen LogP contribution in [-0.4, -0.2) is 38.3 Å². The van der Waals surface area contributed by atoms with Crippen molar-refractivity contribution in [2.75, 3.05) is 26.2 Å². The molecule has 16 heavy (non-hydrogen) atoms. The van der Waals surface area contributed by atoms with E-state index in [9.17, 15) is 4.79 Å². The van der Waals surface area contributed by atoms with Crippen LogP contribution in [0.15, 0.2) is 11.1 Å². The normalized spacial score (nSPS) is 24.4. The Morgan fingerprint density at radius 2 is 2.38 bits per heavy atom. The van der Waals surface area contributed by atoms with Crippen molar-refractivity contribution in [1.29, 1.82) is 0 Å². The molecule has 0 saturated carbocycles. The first-order valence-corrected chi connectivity index (χ1v) is 6.14. The fourth-order valence-electron chi connectivity index (χ4n) is 2.26. The van der Waals surface area contributed by atoms with Gasteiger partial charge in [0.05, 0.1) is 6.61 Å². The van der Waals surface area contributed by atoms with Gasteiger partial charge in [-0.25, -0.2) is 4.79 Å². The minimum atomic E-state index is -0.199. The molecule has 0 aliphatic carbocycles. The summed E-state index contributed by atoms with van der Waals surface area (Å²) in [5.41, 5.74) is 2.61. The van der Waals surface area contributed by atoms with E-state index < -0.39 is 0 Å². The van der Waals surface area contributed by atoms with Gasteiger partial charge in [-0.15, -0.1) is 0 Å². The topological polar surface area (TPSA) is 50.4 Å². The van der Waals surface area contributed by atoms with Crippen LogP contribution < -0.4 is 10.6 Å². The molecule has 2 N–H and O–H groups in total. The maximum absolute atomic E-state index is 11.9. The Hall–Kier alpha value is -0.870. The van der Waals surface area contributed by atoms with Gasteiger partial charge in [0.15, 0.2) is 0 Å². The molecule has 0 aromatic heterocycles. The molecule has 0 aromatic carbocycles. The van der Waals surface area contributed by atoms with Crippen LogP contribution in [0.2, 0.25) is 0 Å². The average Bonchev–Trinajstić information content (AvgIpc) is 2.76. The predicted molar refractivity (Wildman–Crippen MR) is 62.2 cm³/mol. The van der Waals surface area contributed by atoms with Gasteiger partial charge < -0.3 is 15.4 Å². The number of unbranched alkanes of at least 4 members (excludes halogenated alkanes) is 1. The van der Waals surface area contributed by atoms with E-state index in [1.165, 1.54) is 11.1 Å². The van der Waals surface area contributed by atoms with E-state index in [1.807, 2.05) is 0 Å². The summed E-state index contributed by atoms with van der Waals surface area (Å²) in [6.07, 6.45) is 3.06. The van der Waals surface area contributed by atoms with Crippen LogP contribution in [0.25, 0.3) is 0 Å². The van der Waals surface area contributed by atoms with Crippen molar-refractivity contribution >= 4 is 5.97 Å². The first kappa shape index (κ1) is 11.6. The van der Waals surface area contributed by atoms with E-state index in [0.717, 1.165) is 38.9 Å². The van der Waals surface area contributed by atoms with Gasteiger partial charge in [-0.3, -0.25) is 0 Å². The lowest BCUT2D eigenvalue weighted by Crippen LogP contribution is -2.44. The molecule has 2 heterocycles. The van der Waals surface area contributed by atoms with Crippen molar-refractivity contribution in [2.24, 2.45) is 0 Å². The van der Waals surface area contributed by atoms with Gasteiger partial charge in [-0.1, -0.05) is 18.9 Å². The number of nitrogens with one attached hydrogen (secondary N) is 2. The number of rotatable bonds is 4. The van der Waals surface area contributed by atoms with Crippen molar-refractivity contribution in [2.45, 2.75) is 32.2 Å². The summed E-state index contributed by atoms with van der Waals surface area (Å²) in [4.78, 5) is 11.9. The van der Waals surface area contributed by atoms with Gasteiger partial charge in [-0.05, 0) is 18.4 Å². The monoisotopic (exact) mass is 224 g/mol. The molecule has 4 nitrogen and oxygen atoms in total. The van der Waals surface area contributed by atoms with E-state index in [0.29, 0.717) is 6.61 Å². The van der Waals surface area contributed by atoms with Crippen LogP contribution in [0.3, 0.4) is 0 Å². The lowest BCUT2D eigenvalue weighted by Gasteiger charge is -2.24. The van der Waals surface area contributed by atoms with Gasteiger partial charge in [0.2, 0.25) is 0 Å². The maximum atomic E-state index is 11.9. The van der Waals surface area contributed by atoms with E-state index in [4.69, 9.17) is 4.74 Å². The molecule has 2 aliphatic heterocycles. The highest BCUT2D eigenvalue weighted by Gasteiger charge is 2.31. The molecule has 0 fully saturated rings. The van der Waals surface area contributed by atoms with Gasteiger partial charge in [0.1, 0.15) is 6.04 Å². The molecule has 2 aliphatic rings. The molecule has 90 valence electrons. The number of ether oxygens (including phenoxy) is 1. The van der Waals surface area contributed by atoms with Gasteiger partial charge in [0.25, 0.3) is 0 Å². The third kappa shape index (κ3) is 2.44. The van der Waals surface area contributed by atoms with Crippen LogP contribution in [0, 0.1) is 0 Å². The molecule has 1 unspecified atom stereocenters. The second-order valence-corrected chi connectivity index (χ2v) is 4.39. The minimum Gasteiger partial charge on any atom is -0.464 e. The van der Waals surface area contributed by atoms with Crippen LogP contribution in [-0.2, 0) is 9.53 Å². The van der Waals surface area contributed by atoms with Crippen molar-refractivity contribution < 1.29 is 9.53 Å². The number of hydrogen-bond acceptors (Lipinski definition) is 4. The molecule has 0 aromatic rings. The zero-order chi connectivity index (χ0) is 11.4. The highest BCUT2D eigenvalue weighted by Crippen LogP contribution is 2.21. The minimum absolute atomic E-state index is 0.107. The Bertz CT molecular complexity index is 299. The van der Waals surface area contributed by atoms with E-state index in [-0.39, 0.29) is 12.0 Å². The summed E-state index contributed by atoms with van der Waals surface area (Å²) in [5.74, 6) is -0.107. The Labute approximate surface area is 96.4 Å². The highest BCUT2D eigenvalue weighted by molar-refractivity contribution is 5.80. The summed E-state index contributed by atoms with van der Waals surface area (Å²) in [7, 11) is 0. The van der Waals surface area contributed by atoms with E-state index in [2.05, 4.69) is 17.6 Å². The summed E-state index contributed by atoms with van der Waals surface area (Å²) in [6, 6.07) is -0.199. The SMILES string of the molecule is CCCCOC(=O)C1NCCC2=C1CNC2. The molecular weight excluding hydrogens is 204 g/mol. The molecule has 0 amide bonds. The first-order chi connectivity index (χ1) is 7.83. The lowest BCUT2D eigenvalue weighted by molar-refractivity contribution is -0.145. The number of esters is 1. The fraction of sp³-hybridized carbons (Fsp3) is 0.750. The molecule has 1 atom stereocenters. The van der Waals surface area contributed by atoms with Crippen LogP contribution in [0.4, 0.5) is 0 Å². The second kappa shape index (κ2) is 5.46. The lowest BCUT2D eigenvalue weighted by atomic mass is 9.97. The fourth-order valence-corrected chi connectivity index (χ4v) is 2.26. The van der Waals surface area contributed by atoms with Gasteiger partial charge >= 0.3 is 5.97 Å². The zero-order valence-electron chi connectivity index (χ0n) is 9.84. The Morgan fingerprint density at radius 3 is 3.19 bits per heavy atom. The summed E-state index contributed by atoms with van der Waals surface area (Å²) in [5, 5.41) is 6.54. The Balaban J connectivity index is 1.92. The number of hydrogen-bond donors (Lipinski definition) is 2. The smallest absolute Gasteiger partial charge is 0.327 e.